The first-order chi connectivity index (χ1) is 42.5. The number of carboxylic acid groups (broad SMARTS) is 1. The Morgan fingerprint density at radius 3 is 0.956 bits per heavy atom. The van der Waals surface area contributed by atoms with Crippen molar-refractivity contribution in [3.05, 3.63) is 0 Å². The molecule has 0 saturated heterocycles. The summed E-state index contributed by atoms with van der Waals surface area (Å²) in [4.78, 5) is 152. The van der Waals surface area contributed by atoms with Gasteiger partial charge in [0.05, 0.1) is 6.04 Å². The maximum absolute atomic E-state index is 14.5. The lowest BCUT2D eigenvalue weighted by Crippen LogP contribution is -2.63. The standard InChI is InChI=1S/C57H108N20O12S2/c1-13-31(11)42(52(86)69-35(19-16-22-66-56(61)62)45(79)73-39(28(5)6)49(83)72-38(26-91)48(82)70-36(54(88)89)20-17-23-67-57(63)64)77-51(85)41(30(9)10)74-50(84)40(29(7)8)75-53(87)43(32(12)14-2)76-46(80)34(18-15-21-65-55(59)60)68-47(81)37(25-90)71-44(78)33(58)24-27(3)4/h27-43,90-91H,13-26,58H2,1-12H3,(H,68,81)(H,69,86)(H,70,82)(H,71,78)(H,72,83)(H,73,79)(H,74,84)(H,75,87)(H,76,80)(H,77,85)(H,88,89)(H4,59,60,65)(H4,61,62,66)(H4,63,64,67)/t31-,32-,33-,34-,35-,36-,37-,38-,39-,40-,41-,42-,43-/m0/s1. The van der Waals surface area contributed by atoms with Crippen molar-refractivity contribution >= 4 is 108 Å². The molecule has 0 rings (SSSR count). The van der Waals surface area contributed by atoms with Gasteiger partial charge in [-0.25, -0.2) is 4.79 Å². The van der Waals surface area contributed by atoms with Crippen molar-refractivity contribution in [1.82, 2.24) is 69.1 Å². The number of nitrogens with two attached hydrogens (primary N) is 4. The Hall–Kier alpha value is -7.36. The minimum Gasteiger partial charge on any atom is -0.480 e. The van der Waals surface area contributed by atoms with Gasteiger partial charge in [0, 0.05) is 31.1 Å². The average Bonchev–Trinajstić information content (AvgIpc) is 1.31. The Bertz CT molecular complexity index is 2440. The van der Waals surface area contributed by atoms with Crippen LogP contribution in [-0.2, 0) is 52.7 Å². The molecule has 0 saturated carbocycles. The second-order valence-corrected chi connectivity index (χ2v) is 24.9. The molecule has 34 heteroatoms. The van der Waals surface area contributed by atoms with Crippen LogP contribution in [0, 0.1) is 51.7 Å². The number of amides is 10. The van der Waals surface area contributed by atoms with Crippen LogP contribution in [0.5, 0.6) is 0 Å². The van der Waals surface area contributed by atoms with Crippen LogP contribution in [0.15, 0.2) is 0 Å². The number of carbonyl (C=O) groups excluding carboxylic acids is 10. The number of carbonyl (C=O) groups is 11. The fraction of sp³-hybridized carbons (Fsp3) is 0.754. The summed E-state index contributed by atoms with van der Waals surface area (Å²) in [5, 5.41) is 66.4. The van der Waals surface area contributed by atoms with E-state index in [1.165, 1.54) is 0 Å². The van der Waals surface area contributed by atoms with E-state index < -0.39 is 161 Å². The van der Waals surface area contributed by atoms with E-state index in [1.807, 2.05) is 13.8 Å². The SMILES string of the molecule is CC[C@H](C)[C@H](NC(=O)[C@H](CCCNC(=N)N)NC(=O)[C@H](CS)NC(=O)[C@@H](N)CC(C)C)C(=O)N[C@H](C(=O)N[C@H](C(=O)N[C@H](C(=O)N[C@@H](CCCNC(=N)N)C(=O)N[C@H](C(=O)N[C@@H](CS)C(=O)N[C@@H](CCCNC(=N)N)C(=O)O)C(C)C)[C@@H](C)CC)C(C)C)C(C)C. The first-order valence-electron chi connectivity index (χ1n) is 31.0. The summed E-state index contributed by atoms with van der Waals surface area (Å²) in [6, 6.07) is -14.0. The molecule has 0 heterocycles. The zero-order valence-corrected chi connectivity index (χ0v) is 56.6. The molecular weight excluding hydrogens is 1220 g/mol. The normalized spacial score (nSPS) is 15.5. The molecule has 0 unspecified atom stereocenters. The van der Waals surface area contributed by atoms with Crippen LogP contribution in [0.1, 0.15) is 141 Å². The van der Waals surface area contributed by atoms with Gasteiger partial charge in [0.1, 0.15) is 60.4 Å². The van der Waals surface area contributed by atoms with Gasteiger partial charge >= 0.3 is 5.97 Å². The quantitative estimate of drug-likeness (QED) is 0.0125. The third-order valence-electron chi connectivity index (χ3n) is 14.9. The number of rotatable bonds is 44. The second kappa shape index (κ2) is 43.4. The van der Waals surface area contributed by atoms with Crippen LogP contribution in [0.4, 0.5) is 0 Å². The van der Waals surface area contributed by atoms with Crippen LogP contribution in [-0.4, -0.2) is 186 Å². The second-order valence-electron chi connectivity index (χ2n) is 24.1. The summed E-state index contributed by atoms with van der Waals surface area (Å²) in [6.07, 6.45) is 1.49. The smallest absolute Gasteiger partial charge is 0.326 e. The predicted molar refractivity (Wildman–Crippen MR) is 353 cm³/mol. The van der Waals surface area contributed by atoms with E-state index in [0.29, 0.717) is 19.3 Å². The van der Waals surface area contributed by atoms with Crippen molar-refractivity contribution in [2.45, 2.75) is 207 Å². The van der Waals surface area contributed by atoms with Gasteiger partial charge in [0.2, 0.25) is 59.1 Å². The van der Waals surface area contributed by atoms with Crippen LogP contribution in [0.3, 0.4) is 0 Å². The summed E-state index contributed by atoms with van der Waals surface area (Å²) < 4.78 is 0. The van der Waals surface area contributed by atoms with Gasteiger partial charge in [-0.15, -0.1) is 0 Å². The molecule has 520 valence electrons. The minimum atomic E-state index is -1.37. The van der Waals surface area contributed by atoms with Gasteiger partial charge < -0.3 is 97.2 Å². The third kappa shape index (κ3) is 32.0. The largest absolute Gasteiger partial charge is 0.480 e. The first-order valence-corrected chi connectivity index (χ1v) is 32.2. The molecule has 32 nitrogen and oxygen atoms in total. The Morgan fingerprint density at radius 1 is 0.385 bits per heavy atom. The van der Waals surface area contributed by atoms with E-state index >= 15 is 0 Å². The first kappa shape index (κ1) is 83.6. The number of nitrogens with one attached hydrogen (secondary N) is 16. The monoisotopic (exact) mass is 1330 g/mol. The van der Waals surface area contributed by atoms with Gasteiger partial charge in [-0.1, -0.05) is 95.9 Å². The zero-order chi connectivity index (χ0) is 70.0. The van der Waals surface area contributed by atoms with E-state index in [1.54, 1.807) is 69.2 Å². The molecule has 0 fully saturated rings. The lowest BCUT2D eigenvalue weighted by atomic mass is 9.94. The highest BCUT2D eigenvalue weighted by molar-refractivity contribution is 7.80. The number of hydrogen-bond donors (Lipinski definition) is 23. The lowest BCUT2D eigenvalue weighted by molar-refractivity contribution is -0.142. The van der Waals surface area contributed by atoms with Crippen molar-refractivity contribution in [3.63, 3.8) is 0 Å². The van der Waals surface area contributed by atoms with E-state index in [0.717, 1.165) is 0 Å². The maximum atomic E-state index is 14.5. The van der Waals surface area contributed by atoms with Crippen LogP contribution >= 0.6 is 25.3 Å². The Labute approximate surface area is 546 Å². The molecule has 0 aromatic rings. The van der Waals surface area contributed by atoms with Crippen LogP contribution in [0.2, 0.25) is 0 Å². The number of guanidine groups is 3. The summed E-state index contributed by atoms with van der Waals surface area (Å²) >= 11 is 8.45. The van der Waals surface area contributed by atoms with Crippen molar-refractivity contribution < 1.29 is 57.8 Å². The summed E-state index contributed by atoms with van der Waals surface area (Å²) in [6.45, 7) is 20.9. The van der Waals surface area contributed by atoms with Crippen molar-refractivity contribution in [2.75, 3.05) is 31.1 Å². The van der Waals surface area contributed by atoms with E-state index in [2.05, 4.69) is 94.4 Å². The van der Waals surface area contributed by atoms with Crippen molar-refractivity contribution in [1.29, 1.82) is 16.2 Å². The Morgan fingerprint density at radius 2 is 0.637 bits per heavy atom. The highest BCUT2D eigenvalue weighted by atomic mass is 32.1. The van der Waals surface area contributed by atoms with Gasteiger partial charge in [-0.05, 0) is 80.5 Å². The molecule has 0 aromatic carbocycles. The molecule has 91 heavy (non-hydrogen) atoms. The summed E-state index contributed by atoms with van der Waals surface area (Å²) in [5.41, 5.74) is 22.3. The number of aliphatic carboxylic acids is 1. The number of thiol groups is 2. The highest BCUT2D eigenvalue weighted by Gasteiger charge is 2.39. The summed E-state index contributed by atoms with van der Waals surface area (Å²) in [5.74, 6) is -13.5. The molecule has 0 bridgehead atoms. The molecule has 0 aliphatic heterocycles. The number of carboxylic acids is 1. The van der Waals surface area contributed by atoms with E-state index in [9.17, 15) is 57.8 Å². The van der Waals surface area contributed by atoms with Crippen LogP contribution in [0.25, 0.3) is 0 Å². The Balaban J connectivity index is 6.82. The molecule has 13 atom stereocenters. The predicted octanol–water partition coefficient (Wildman–Crippen LogP) is -3.00. The molecule has 0 aliphatic carbocycles. The van der Waals surface area contributed by atoms with E-state index in [-0.39, 0.29) is 93.5 Å². The van der Waals surface area contributed by atoms with Gasteiger partial charge in [-0.2, -0.15) is 25.3 Å². The van der Waals surface area contributed by atoms with Gasteiger partial charge in [0.15, 0.2) is 17.9 Å². The van der Waals surface area contributed by atoms with Gasteiger partial charge in [-0.3, -0.25) is 64.2 Å². The zero-order valence-electron chi connectivity index (χ0n) is 54.9. The fourth-order valence-corrected chi connectivity index (χ4v) is 9.49. The van der Waals surface area contributed by atoms with Crippen molar-refractivity contribution in [3.8, 4) is 0 Å². The molecule has 0 aliphatic rings. The van der Waals surface area contributed by atoms with Crippen molar-refractivity contribution in [2.24, 2.45) is 58.4 Å². The van der Waals surface area contributed by atoms with Gasteiger partial charge in [0.25, 0.3) is 0 Å². The number of hydrogen-bond acceptors (Lipinski definition) is 17. The molecule has 0 radical (unpaired) electrons. The molecule has 0 spiro atoms. The third-order valence-corrected chi connectivity index (χ3v) is 15.6. The lowest BCUT2D eigenvalue weighted by Gasteiger charge is -2.32. The molecule has 25 N–H and O–H groups in total. The minimum absolute atomic E-state index is 0.00853. The van der Waals surface area contributed by atoms with Crippen LogP contribution < -0.4 is 92.1 Å². The average molecular weight is 1330 g/mol. The summed E-state index contributed by atoms with van der Waals surface area (Å²) in [7, 11) is 0. The maximum Gasteiger partial charge on any atom is 0.326 e. The van der Waals surface area contributed by atoms with E-state index in [4.69, 9.17) is 39.2 Å². The topological polar surface area (TPSA) is 540 Å². The molecular formula is C57H108N20O12S2. The fourth-order valence-electron chi connectivity index (χ4n) is 8.98. The highest BCUT2D eigenvalue weighted by Crippen LogP contribution is 2.16. The Kier molecular flexibility index (Phi) is 39.9. The molecule has 10 amide bonds. The molecule has 0 aromatic heterocycles.